The van der Waals surface area contributed by atoms with E-state index < -0.39 is 10.0 Å². The highest BCUT2D eigenvalue weighted by Gasteiger charge is 2.14. The van der Waals surface area contributed by atoms with Gasteiger partial charge < -0.3 is 0 Å². The van der Waals surface area contributed by atoms with Crippen molar-refractivity contribution >= 4 is 10.0 Å². The molecule has 0 radical (unpaired) electrons. The fourth-order valence-electron chi connectivity index (χ4n) is 1.75. The third-order valence-electron chi connectivity index (χ3n) is 2.39. The van der Waals surface area contributed by atoms with Crippen LogP contribution < -0.4 is 4.72 Å². The number of rotatable bonds is 4. The van der Waals surface area contributed by atoms with E-state index >= 15 is 0 Å². The molecule has 0 amide bonds. The predicted molar refractivity (Wildman–Crippen MR) is 49.4 cm³/mol. The minimum Gasteiger partial charge on any atom is -0.215 e. The topological polar surface area (TPSA) is 46.2 Å². The molecule has 0 aliphatic heterocycles. The van der Waals surface area contributed by atoms with Crippen LogP contribution in [-0.4, -0.2) is 21.2 Å². The summed E-state index contributed by atoms with van der Waals surface area (Å²) in [5.41, 5.74) is 0. The van der Waals surface area contributed by atoms with Crippen LogP contribution in [0.2, 0.25) is 0 Å². The van der Waals surface area contributed by atoms with Gasteiger partial charge in [0.05, 0.1) is 6.26 Å². The molecule has 1 N–H and O–H groups in total. The Labute approximate surface area is 74.6 Å². The second-order valence-corrected chi connectivity index (χ2v) is 5.44. The highest BCUT2D eigenvalue weighted by molar-refractivity contribution is 7.88. The summed E-state index contributed by atoms with van der Waals surface area (Å²) in [5.74, 6) is 0.763. The highest BCUT2D eigenvalue weighted by Crippen LogP contribution is 2.26. The van der Waals surface area contributed by atoms with Crippen molar-refractivity contribution in [2.24, 2.45) is 5.92 Å². The molecule has 0 heterocycles. The van der Waals surface area contributed by atoms with Gasteiger partial charge in [0.2, 0.25) is 10.0 Å². The molecule has 0 aromatic rings. The minimum absolute atomic E-state index is 0.615. The van der Waals surface area contributed by atoms with Gasteiger partial charge in [-0.25, -0.2) is 13.1 Å². The summed E-state index contributed by atoms with van der Waals surface area (Å²) in [7, 11) is -2.97. The molecule has 0 atom stereocenters. The lowest BCUT2D eigenvalue weighted by molar-refractivity contribution is 0.496. The van der Waals surface area contributed by atoms with Crippen LogP contribution in [0.15, 0.2) is 0 Å². The van der Waals surface area contributed by atoms with Crippen LogP contribution in [0.4, 0.5) is 0 Å². The van der Waals surface area contributed by atoms with Gasteiger partial charge in [0, 0.05) is 6.54 Å². The van der Waals surface area contributed by atoms with Gasteiger partial charge >= 0.3 is 0 Å². The summed E-state index contributed by atoms with van der Waals surface area (Å²) in [6.45, 7) is 0.615. The second kappa shape index (κ2) is 4.23. The van der Waals surface area contributed by atoms with Gasteiger partial charge in [-0.3, -0.25) is 0 Å². The van der Waals surface area contributed by atoms with E-state index in [0.29, 0.717) is 6.54 Å². The Morgan fingerprint density at radius 1 is 1.33 bits per heavy atom. The molecule has 1 rings (SSSR count). The third kappa shape index (κ3) is 4.07. The number of hydrogen-bond acceptors (Lipinski definition) is 2. The van der Waals surface area contributed by atoms with Crippen molar-refractivity contribution in [2.75, 3.05) is 12.8 Å². The van der Waals surface area contributed by atoms with E-state index in [2.05, 4.69) is 4.72 Å². The lowest BCUT2D eigenvalue weighted by Gasteiger charge is -2.07. The summed E-state index contributed by atoms with van der Waals surface area (Å²) in [6, 6.07) is 0. The van der Waals surface area contributed by atoms with Crippen LogP contribution in [0.5, 0.6) is 0 Å². The van der Waals surface area contributed by atoms with Gasteiger partial charge in [0.15, 0.2) is 0 Å². The van der Waals surface area contributed by atoms with E-state index in [-0.39, 0.29) is 0 Å². The van der Waals surface area contributed by atoms with Crippen LogP contribution in [0.3, 0.4) is 0 Å². The molecule has 0 unspecified atom stereocenters. The van der Waals surface area contributed by atoms with Gasteiger partial charge in [-0.15, -0.1) is 0 Å². The average Bonchev–Trinajstić information content (AvgIpc) is 2.36. The molecule has 4 heteroatoms. The SMILES string of the molecule is CS(=O)(=O)NCCC1CCCC1. The maximum absolute atomic E-state index is 10.7. The molecule has 0 aromatic heterocycles. The highest BCUT2D eigenvalue weighted by atomic mass is 32.2. The molecule has 1 aliphatic carbocycles. The number of nitrogens with one attached hydrogen (secondary N) is 1. The first-order valence-corrected chi connectivity index (χ1v) is 6.42. The van der Waals surface area contributed by atoms with Crippen molar-refractivity contribution < 1.29 is 8.42 Å². The number of sulfonamides is 1. The molecule has 1 saturated carbocycles. The predicted octanol–water partition coefficient (Wildman–Crippen LogP) is 1.12. The molecule has 1 aliphatic rings. The third-order valence-corrected chi connectivity index (χ3v) is 3.12. The van der Waals surface area contributed by atoms with Gasteiger partial charge in [-0.05, 0) is 12.3 Å². The zero-order valence-corrected chi connectivity index (χ0v) is 8.36. The first-order valence-electron chi connectivity index (χ1n) is 4.52. The molecule has 12 heavy (non-hydrogen) atoms. The lowest BCUT2D eigenvalue weighted by atomic mass is 10.1. The Balaban J connectivity index is 2.09. The summed E-state index contributed by atoms with van der Waals surface area (Å²) < 4.78 is 23.9. The van der Waals surface area contributed by atoms with E-state index in [1.165, 1.54) is 31.9 Å². The maximum Gasteiger partial charge on any atom is 0.208 e. The zero-order valence-electron chi connectivity index (χ0n) is 7.54. The Morgan fingerprint density at radius 2 is 1.92 bits per heavy atom. The Morgan fingerprint density at radius 3 is 2.42 bits per heavy atom. The van der Waals surface area contributed by atoms with Gasteiger partial charge in [-0.1, -0.05) is 25.7 Å². The van der Waals surface area contributed by atoms with Gasteiger partial charge in [-0.2, -0.15) is 0 Å². The molecule has 0 spiro atoms. The van der Waals surface area contributed by atoms with Crippen LogP contribution >= 0.6 is 0 Å². The Kier molecular flexibility index (Phi) is 3.53. The smallest absolute Gasteiger partial charge is 0.208 e. The molecule has 0 saturated heterocycles. The van der Waals surface area contributed by atoms with Gasteiger partial charge in [0.25, 0.3) is 0 Å². The van der Waals surface area contributed by atoms with Crippen molar-refractivity contribution in [1.82, 2.24) is 4.72 Å². The number of hydrogen-bond donors (Lipinski definition) is 1. The van der Waals surface area contributed by atoms with E-state index in [1.54, 1.807) is 0 Å². The van der Waals surface area contributed by atoms with Crippen molar-refractivity contribution in [3.63, 3.8) is 0 Å². The van der Waals surface area contributed by atoms with E-state index in [0.717, 1.165) is 12.3 Å². The van der Waals surface area contributed by atoms with Crippen LogP contribution in [0.25, 0.3) is 0 Å². The zero-order chi connectivity index (χ0) is 9.03. The summed E-state index contributed by atoms with van der Waals surface area (Å²) in [4.78, 5) is 0. The minimum atomic E-state index is -2.97. The normalized spacial score (nSPS) is 20.1. The second-order valence-electron chi connectivity index (χ2n) is 3.61. The molecular formula is C8H17NO2S. The first kappa shape index (κ1) is 9.99. The monoisotopic (exact) mass is 191 g/mol. The molecule has 72 valence electrons. The summed E-state index contributed by atoms with van der Waals surface area (Å²) in [6.07, 6.45) is 7.43. The Hall–Kier alpha value is -0.0900. The summed E-state index contributed by atoms with van der Waals surface area (Å²) >= 11 is 0. The van der Waals surface area contributed by atoms with Crippen LogP contribution in [-0.2, 0) is 10.0 Å². The molecule has 3 nitrogen and oxygen atoms in total. The van der Waals surface area contributed by atoms with E-state index in [9.17, 15) is 8.42 Å². The van der Waals surface area contributed by atoms with Crippen LogP contribution in [0.1, 0.15) is 32.1 Å². The quantitative estimate of drug-likeness (QED) is 0.723. The standard InChI is InChI=1S/C8H17NO2S/c1-12(10,11)9-7-6-8-4-2-3-5-8/h8-9H,2-7H2,1H3. The first-order chi connectivity index (χ1) is 5.58. The molecule has 0 bridgehead atoms. The lowest BCUT2D eigenvalue weighted by Crippen LogP contribution is -2.24. The molecule has 1 fully saturated rings. The van der Waals surface area contributed by atoms with E-state index in [4.69, 9.17) is 0 Å². The largest absolute Gasteiger partial charge is 0.215 e. The maximum atomic E-state index is 10.7. The van der Waals surface area contributed by atoms with Crippen LogP contribution in [0, 0.1) is 5.92 Å². The fraction of sp³-hybridized carbons (Fsp3) is 1.00. The average molecular weight is 191 g/mol. The molecule has 0 aromatic carbocycles. The molecular weight excluding hydrogens is 174 g/mol. The van der Waals surface area contributed by atoms with Crippen molar-refractivity contribution in [2.45, 2.75) is 32.1 Å². The van der Waals surface area contributed by atoms with E-state index in [1.807, 2.05) is 0 Å². The Bertz CT molecular complexity index is 217. The fourth-order valence-corrected chi connectivity index (χ4v) is 2.24. The van der Waals surface area contributed by atoms with Crippen molar-refractivity contribution in [3.8, 4) is 0 Å². The summed E-state index contributed by atoms with van der Waals surface area (Å²) in [5, 5.41) is 0. The van der Waals surface area contributed by atoms with Crippen molar-refractivity contribution in [3.05, 3.63) is 0 Å². The van der Waals surface area contributed by atoms with Crippen molar-refractivity contribution in [1.29, 1.82) is 0 Å². The van der Waals surface area contributed by atoms with Gasteiger partial charge in [0.1, 0.15) is 0 Å².